The second kappa shape index (κ2) is 4.02. The smallest absolute Gasteiger partial charge is 0.115 e. The standard InChI is InChI=1S/C19H14N4/c1-3-7-20-12(5-1)18-16-11-9-10-14(11)15(10)17(16)19(23-22-18)13-6-2-4-8-21-13/h1-8,10-11,14-15H,9H2/t10-,11+,14?,15-/m0/s1. The fourth-order valence-corrected chi connectivity index (χ4v) is 4.78. The Bertz CT molecular complexity index is 854. The van der Waals surface area contributed by atoms with Crippen LogP contribution in [0.3, 0.4) is 0 Å². The number of aromatic nitrogens is 4. The van der Waals surface area contributed by atoms with E-state index in [0.717, 1.165) is 34.6 Å². The predicted octanol–water partition coefficient (Wildman–Crippen LogP) is 3.43. The van der Waals surface area contributed by atoms with Crippen LogP contribution in [-0.2, 0) is 0 Å². The van der Waals surface area contributed by atoms with Gasteiger partial charge in [-0.15, -0.1) is 10.2 Å². The number of hydrogen-bond acceptors (Lipinski definition) is 4. The van der Waals surface area contributed by atoms with Gasteiger partial charge in [0, 0.05) is 12.4 Å². The third-order valence-electron chi connectivity index (χ3n) is 5.79. The zero-order chi connectivity index (χ0) is 15.0. The van der Waals surface area contributed by atoms with E-state index >= 15 is 0 Å². The molecule has 4 heteroatoms. The molecule has 4 atom stereocenters. The Morgan fingerprint density at radius 3 is 2.04 bits per heavy atom. The molecule has 0 aromatic carbocycles. The molecule has 3 aliphatic carbocycles. The van der Waals surface area contributed by atoms with Crippen molar-refractivity contribution in [1.29, 1.82) is 0 Å². The molecule has 23 heavy (non-hydrogen) atoms. The fourth-order valence-electron chi connectivity index (χ4n) is 4.78. The molecule has 0 N–H and O–H groups in total. The molecular formula is C19H14N4. The van der Waals surface area contributed by atoms with Crippen molar-refractivity contribution < 1.29 is 0 Å². The Labute approximate surface area is 133 Å². The summed E-state index contributed by atoms with van der Waals surface area (Å²) in [4.78, 5) is 9.01. The third-order valence-corrected chi connectivity index (χ3v) is 5.79. The van der Waals surface area contributed by atoms with Crippen molar-refractivity contribution in [2.45, 2.75) is 18.3 Å². The van der Waals surface area contributed by atoms with Crippen molar-refractivity contribution in [1.82, 2.24) is 20.2 Å². The second-order valence-corrected chi connectivity index (χ2v) is 6.76. The average molecular weight is 298 g/mol. The number of pyridine rings is 2. The van der Waals surface area contributed by atoms with Crippen molar-refractivity contribution in [3.8, 4) is 22.8 Å². The first-order valence-electron chi connectivity index (χ1n) is 8.17. The molecule has 4 nitrogen and oxygen atoms in total. The molecule has 6 rings (SSSR count). The summed E-state index contributed by atoms with van der Waals surface area (Å²) in [5.41, 5.74) is 6.66. The van der Waals surface area contributed by atoms with Crippen LogP contribution < -0.4 is 0 Å². The van der Waals surface area contributed by atoms with Gasteiger partial charge in [0.2, 0.25) is 0 Å². The lowest BCUT2D eigenvalue weighted by atomic mass is 9.77. The van der Waals surface area contributed by atoms with Gasteiger partial charge in [-0.25, -0.2) is 0 Å². The van der Waals surface area contributed by atoms with E-state index in [-0.39, 0.29) is 0 Å². The van der Waals surface area contributed by atoms with Crippen LogP contribution in [0.1, 0.15) is 29.4 Å². The van der Waals surface area contributed by atoms with E-state index in [2.05, 4.69) is 20.2 Å². The van der Waals surface area contributed by atoms with Gasteiger partial charge in [-0.2, -0.15) is 0 Å². The summed E-state index contributed by atoms with van der Waals surface area (Å²) in [6.07, 6.45) is 4.97. The maximum Gasteiger partial charge on any atom is 0.115 e. The summed E-state index contributed by atoms with van der Waals surface area (Å²) in [7, 11) is 0. The molecule has 110 valence electrons. The van der Waals surface area contributed by atoms with Crippen LogP contribution in [0.15, 0.2) is 48.8 Å². The molecule has 3 aromatic heterocycles. The van der Waals surface area contributed by atoms with E-state index < -0.39 is 0 Å². The topological polar surface area (TPSA) is 51.6 Å². The highest BCUT2D eigenvalue weighted by atomic mass is 15.1. The lowest BCUT2D eigenvalue weighted by molar-refractivity contribution is 0.387. The van der Waals surface area contributed by atoms with Crippen molar-refractivity contribution in [2.75, 3.05) is 0 Å². The largest absolute Gasteiger partial charge is 0.255 e. The van der Waals surface area contributed by atoms with E-state index in [1.807, 2.05) is 48.8 Å². The lowest BCUT2D eigenvalue weighted by Crippen LogP contribution is -2.18. The van der Waals surface area contributed by atoms with Crippen LogP contribution in [-0.4, -0.2) is 20.2 Å². The molecule has 0 amide bonds. The van der Waals surface area contributed by atoms with Gasteiger partial charge < -0.3 is 0 Å². The van der Waals surface area contributed by atoms with Gasteiger partial charge in [-0.05, 0) is 65.5 Å². The molecule has 3 heterocycles. The predicted molar refractivity (Wildman–Crippen MR) is 85.6 cm³/mol. The van der Waals surface area contributed by atoms with E-state index in [1.54, 1.807) is 0 Å². The molecule has 3 aromatic rings. The minimum atomic E-state index is 0.662. The SMILES string of the molecule is c1ccc(-c2nnc(-c3ccccn3)c3c2[C@@H]2C4[C@H]3C[C@@H]42)nc1. The summed E-state index contributed by atoms with van der Waals surface area (Å²) in [5, 5.41) is 9.15. The summed E-state index contributed by atoms with van der Waals surface area (Å²) in [5.74, 6) is 3.07. The van der Waals surface area contributed by atoms with E-state index in [1.165, 1.54) is 17.5 Å². The van der Waals surface area contributed by atoms with Crippen molar-refractivity contribution in [2.24, 2.45) is 11.8 Å². The molecule has 3 aliphatic rings. The van der Waals surface area contributed by atoms with Gasteiger partial charge in [0.15, 0.2) is 0 Å². The summed E-state index contributed by atoms with van der Waals surface area (Å²) >= 11 is 0. The highest BCUT2D eigenvalue weighted by molar-refractivity contribution is 5.75. The number of hydrogen-bond donors (Lipinski definition) is 0. The molecule has 1 unspecified atom stereocenters. The monoisotopic (exact) mass is 298 g/mol. The third kappa shape index (κ3) is 1.41. The zero-order valence-corrected chi connectivity index (χ0v) is 12.4. The Balaban J connectivity index is 1.62. The van der Waals surface area contributed by atoms with Crippen LogP contribution in [0.5, 0.6) is 0 Å². The van der Waals surface area contributed by atoms with E-state index in [4.69, 9.17) is 0 Å². The van der Waals surface area contributed by atoms with Crippen molar-refractivity contribution >= 4 is 0 Å². The zero-order valence-electron chi connectivity index (χ0n) is 12.4. The first kappa shape index (κ1) is 11.9. The first-order valence-corrected chi connectivity index (χ1v) is 8.17. The van der Waals surface area contributed by atoms with Gasteiger partial charge in [0.25, 0.3) is 0 Å². The van der Waals surface area contributed by atoms with Gasteiger partial charge >= 0.3 is 0 Å². The number of nitrogens with zero attached hydrogens (tertiary/aromatic N) is 4. The molecule has 0 spiro atoms. The number of fused-ring (bicyclic) bond motifs is 4. The Morgan fingerprint density at radius 2 is 1.43 bits per heavy atom. The average Bonchev–Trinajstić information content (AvgIpc) is 3.10. The molecule has 0 saturated heterocycles. The quantitative estimate of drug-likeness (QED) is 0.727. The lowest BCUT2D eigenvalue weighted by Gasteiger charge is -2.28. The molecular weight excluding hydrogens is 284 g/mol. The minimum Gasteiger partial charge on any atom is -0.255 e. The molecule has 0 radical (unpaired) electrons. The molecule has 0 aliphatic heterocycles. The summed E-state index contributed by atoms with van der Waals surface area (Å²) in [6, 6.07) is 12.0. The Kier molecular flexibility index (Phi) is 2.07. The van der Waals surface area contributed by atoms with Crippen molar-refractivity contribution in [3.05, 3.63) is 59.9 Å². The van der Waals surface area contributed by atoms with Crippen LogP contribution in [0.4, 0.5) is 0 Å². The van der Waals surface area contributed by atoms with Crippen molar-refractivity contribution in [3.63, 3.8) is 0 Å². The van der Waals surface area contributed by atoms with Crippen LogP contribution in [0, 0.1) is 11.8 Å². The Morgan fingerprint density at radius 1 is 0.783 bits per heavy atom. The second-order valence-electron chi connectivity index (χ2n) is 6.76. The van der Waals surface area contributed by atoms with Gasteiger partial charge in [-0.1, -0.05) is 12.1 Å². The van der Waals surface area contributed by atoms with Gasteiger partial charge in [0.05, 0.1) is 11.4 Å². The summed E-state index contributed by atoms with van der Waals surface area (Å²) < 4.78 is 0. The van der Waals surface area contributed by atoms with Gasteiger partial charge in [-0.3, -0.25) is 9.97 Å². The minimum absolute atomic E-state index is 0.662. The van der Waals surface area contributed by atoms with Crippen LogP contribution >= 0.6 is 0 Å². The van der Waals surface area contributed by atoms with Gasteiger partial charge in [0.1, 0.15) is 11.4 Å². The van der Waals surface area contributed by atoms with Crippen LogP contribution in [0.2, 0.25) is 0 Å². The van der Waals surface area contributed by atoms with E-state index in [9.17, 15) is 0 Å². The molecule has 2 saturated carbocycles. The highest BCUT2D eigenvalue weighted by Gasteiger charge is 2.70. The van der Waals surface area contributed by atoms with E-state index in [0.29, 0.717) is 11.8 Å². The maximum absolute atomic E-state index is 4.58. The molecule has 0 bridgehead atoms. The fraction of sp³-hybridized carbons (Fsp3) is 0.263. The van der Waals surface area contributed by atoms with Crippen LogP contribution in [0.25, 0.3) is 22.8 Å². The summed E-state index contributed by atoms with van der Waals surface area (Å²) in [6.45, 7) is 0. The highest BCUT2D eigenvalue weighted by Crippen LogP contribution is 2.80. The normalized spacial score (nSPS) is 28.7. The first-order chi connectivity index (χ1) is 11.4. The molecule has 2 fully saturated rings. The number of rotatable bonds is 2. The Hall–Kier alpha value is -2.62. The maximum atomic E-state index is 4.58.